The predicted molar refractivity (Wildman–Crippen MR) is 67.1 cm³/mol. The number of benzene rings is 1. The average Bonchev–Trinajstić information content (AvgIpc) is 2.64. The molecule has 17 heavy (non-hydrogen) atoms. The van der Waals surface area contributed by atoms with E-state index in [0.29, 0.717) is 11.4 Å². The first-order chi connectivity index (χ1) is 8.04. The van der Waals surface area contributed by atoms with Gasteiger partial charge in [0.25, 0.3) is 0 Å². The lowest BCUT2D eigenvalue weighted by Crippen LogP contribution is -2.22. The molecule has 92 valence electrons. The summed E-state index contributed by atoms with van der Waals surface area (Å²) in [5.41, 5.74) is 7.76. The lowest BCUT2D eigenvalue weighted by atomic mass is 9.99. The Balaban J connectivity index is 2.52. The monoisotopic (exact) mass is 235 g/mol. The summed E-state index contributed by atoms with van der Waals surface area (Å²) >= 11 is 0. The molecule has 0 saturated heterocycles. The molecule has 2 atom stereocenters. The van der Waals surface area contributed by atoms with Crippen molar-refractivity contribution in [2.45, 2.75) is 26.3 Å². The van der Waals surface area contributed by atoms with Crippen LogP contribution in [0, 0.1) is 11.7 Å². The van der Waals surface area contributed by atoms with Gasteiger partial charge in [0, 0.05) is 13.1 Å². The Labute approximate surface area is 100 Å². The summed E-state index contributed by atoms with van der Waals surface area (Å²) in [5.74, 6) is 0.912. The van der Waals surface area contributed by atoms with E-state index in [9.17, 15) is 4.39 Å². The molecule has 2 aromatic rings. The largest absolute Gasteiger partial charge is 0.330 e. The van der Waals surface area contributed by atoms with Crippen LogP contribution in [0.25, 0.3) is 11.0 Å². The summed E-state index contributed by atoms with van der Waals surface area (Å²) in [6.07, 6.45) is 0.999. The Morgan fingerprint density at radius 2 is 2.18 bits per heavy atom. The minimum Gasteiger partial charge on any atom is -0.330 e. The lowest BCUT2D eigenvalue weighted by Gasteiger charge is -2.17. The van der Waals surface area contributed by atoms with Crippen LogP contribution in [-0.2, 0) is 7.05 Å². The second-order valence-corrected chi connectivity index (χ2v) is 4.57. The number of fused-ring (bicyclic) bond motifs is 1. The lowest BCUT2D eigenvalue weighted by molar-refractivity contribution is 0.432. The summed E-state index contributed by atoms with van der Waals surface area (Å²) < 4.78 is 15.1. The number of imidazole rings is 1. The average molecular weight is 235 g/mol. The van der Waals surface area contributed by atoms with Crippen LogP contribution in [0.5, 0.6) is 0 Å². The predicted octanol–water partition coefficient (Wildman–Crippen LogP) is 2.76. The Bertz CT molecular complexity index is 533. The molecule has 1 aromatic heterocycles. The summed E-state index contributed by atoms with van der Waals surface area (Å²) in [7, 11) is 1.92. The van der Waals surface area contributed by atoms with Gasteiger partial charge in [0.05, 0.1) is 17.1 Å². The topological polar surface area (TPSA) is 43.8 Å². The SMILES string of the molecule is CCC(C)C(N)c1nc2cc(F)ccc2n1C. The van der Waals surface area contributed by atoms with E-state index in [4.69, 9.17) is 5.73 Å². The number of halogens is 1. The molecule has 1 heterocycles. The summed E-state index contributed by atoms with van der Waals surface area (Å²) in [6, 6.07) is 4.52. The van der Waals surface area contributed by atoms with Crippen molar-refractivity contribution in [3.05, 3.63) is 29.8 Å². The highest BCUT2D eigenvalue weighted by Gasteiger charge is 2.19. The van der Waals surface area contributed by atoms with Crippen LogP contribution in [-0.4, -0.2) is 9.55 Å². The molecule has 0 saturated carbocycles. The van der Waals surface area contributed by atoms with Crippen LogP contribution in [0.2, 0.25) is 0 Å². The van der Waals surface area contributed by atoms with Crippen molar-refractivity contribution in [1.82, 2.24) is 9.55 Å². The van der Waals surface area contributed by atoms with Gasteiger partial charge < -0.3 is 10.3 Å². The number of aromatic nitrogens is 2. The maximum Gasteiger partial charge on any atom is 0.126 e. The highest BCUT2D eigenvalue weighted by molar-refractivity contribution is 5.76. The number of aryl methyl sites for hydroxylation is 1. The number of nitrogens with two attached hydrogens (primary N) is 1. The van der Waals surface area contributed by atoms with Crippen LogP contribution in [0.1, 0.15) is 32.1 Å². The zero-order chi connectivity index (χ0) is 12.6. The van der Waals surface area contributed by atoms with Crippen molar-refractivity contribution in [2.24, 2.45) is 18.7 Å². The van der Waals surface area contributed by atoms with Crippen molar-refractivity contribution in [1.29, 1.82) is 0 Å². The van der Waals surface area contributed by atoms with E-state index in [2.05, 4.69) is 18.8 Å². The fraction of sp³-hybridized carbons (Fsp3) is 0.462. The zero-order valence-electron chi connectivity index (χ0n) is 10.4. The Morgan fingerprint density at radius 1 is 1.47 bits per heavy atom. The maximum atomic E-state index is 13.1. The third kappa shape index (κ3) is 2.05. The van der Waals surface area contributed by atoms with Gasteiger partial charge in [-0.05, 0) is 18.1 Å². The van der Waals surface area contributed by atoms with Crippen molar-refractivity contribution in [3.63, 3.8) is 0 Å². The Hall–Kier alpha value is -1.42. The molecular weight excluding hydrogens is 217 g/mol. The molecular formula is C13H18FN3. The van der Waals surface area contributed by atoms with E-state index < -0.39 is 0 Å². The van der Waals surface area contributed by atoms with Gasteiger partial charge in [-0.15, -0.1) is 0 Å². The smallest absolute Gasteiger partial charge is 0.126 e. The van der Waals surface area contributed by atoms with Crippen LogP contribution >= 0.6 is 0 Å². The van der Waals surface area contributed by atoms with Crippen molar-refractivity contribution < 1.29 is 4.39 Å². The van der Waals surface area contributed by atoms with Gasteiger partial charge in [-0.2, -0.15) is 0 Å². The molecule has 0 spiro atoms. The first-order valence-corrected chi connectivity index (χ1v) is 5.92. The molecule has 2 unspecified atom stereocenters. The van der Waals surface area contributed by atoms with Gasteiger partial charge in [-0.3, -0.25) is 0 Å². The Kier molecular flexibility index (Phi) is 3.15. The highest BCUT2D eigenvalue weighted by atomic mass is 19.1. The summed E-state index contributed by atoms with van der Waals surface area (Å²) in [6.45, 7) is 4.21. The zero-order valence-corrected chi connectivity index (χ0v) is 10.4. The number of nitrogens with zero attached hydrogens (tertiary/aromatic N) is 2. The van der Waals surface area contributed by atoms with E-state index in [-0.39, 0.29) is 11.9 Å². The quantitative estimate of drug-likeness (QED) is 0.889. The molecule has 0 fully saturated rings. The van der Waals surface area contributed by atoms with Crippen LogP contribution in [0.15, 0.2) is 18.2 Å². The standard InChI is InChI=1S/C13H18FN3/c1-4-8(2)12(15)13-16-10-7-9(14)5-6-11(10)17(13)3/h5-8,12H,4,15H2,1-3H3. The van der Waals surface area contributed by atoms with E-state index in [0.717, 1.165) is 17.8 Å². The number of hydrogen-bond donors (Lipinski definition) is 1. The van der Waals surface area contributed by atoms with Crippen molar-refractivity contribution in [3.8, 4) is 0 Å². The summed E-state index contributed by atoms with van der Waals surface area (Å²) in [5, 5.41) is 0. The molecule has 4 heteroatoms. The van der Waals surface area contributed by atoms with Gasteiger partial charge in [0.2, 0.25) is 0 Å². The van der Waals surface area contributed by atoms with Gasteiger partial charge in [-0.25, -0.2) is 9.37 Å². The first-order valence-electron chi connectivity index (χ1n) is 5.92. The van der Waals surface area contributed by atoms with Crippen molar-refractivity contribution in [2.75, 3.05) is 0 Å². The minimum absolute atomic E-state index is 0.111. The minimum atomic E-state index is -0.265. The molecule has 2 rings (SSSR count). The molecule has 0 radical (unpaired) electrons. The van der Waals surface area contributed by atoms with E-state index in [1.165, 1.54) is 12.1 Å². The normalized spacial score (nSPS) is 15.1. The third-order valence-corrected chi connectivity index (χ3v) is 3.43. The fourth-order valence-corrected chi connectivity index (χ4v) is 2.00. The molecule has 0 aliphatic carbocycles. The van der Waals surface area contributed by atoms with Gasteiger partial charge in [0.1, 0.15) is 11.6 Å². The summed E-state index contributed by atoms with van der Waals surface area (Å²) in [4.78, 5) is 4.44. The fourth-order valence-electron chi connectivity index (χ4n) is 2.00. The molecule has 0 bridgehead atoms. The molecule has 2 N–H and O–H groups in total. The molecule has 0 aliphatic rings. The van der Waals surface area contributed by atoms with E-state index in [1.54, 1.807) is 6.07 Å². The number of rotatable bonds is 3. The highest BCUT2D eigenvalue weighted by Crippen LogP contribution is 2.24. The Morgan fingerprint density at radius 3 is 2.82 bits per heavy atom. The van der Waals surface area contributed by atoms with E-state index >= 15 is 0 Å². The van der Waals surface area contributed by atoms with Crippen LogP contribution in [0.3, 0.4) is 0 Å². The molecule has 1 aromatic carbocycles. The second kappa shape index (κ2) is 4.45. The first kappa shape index (κ1) is 12.0. The van der Waals surface area contributed by atoms with Gasteiger partial charge in [-0.1, -0.05) is 20.3 Å². The van der Waals surface area contributed by atoms with Gasteiger partial charge in [0.15, 0.2) is 0 Å². The van der Waals surface area contributed by atoms with Crippen LogP contribution < -0.4 is 5.73 Å². The van der Waals surface area contributed by atoms with Crippen molar-refractivity contribution >= 4 is 11.0 Å². The number of hydrogen-bond acceptors (Lipinski definition) is 2. The van der Waals surface area contributed by atoms with Gasteiger partial charge >= 0.3 is 0 Å². The maximum absolute atomic E-state index is 13.1. The molecule has 0 aliphatic heterocycles. The van der Waals surface area contributed by atoms with Crippen LogP contribution in [0.4, 0.5) is 4.39 Å². The molecule has 3 nitrogen and oxygen atoms in total. The third-order valence-electron chi connectivity index (χ3n) is 3.43. The second-order valence-electron chi connectivity index (χ2n) is 4.57. The van der Waals surface area contributed by atoms with E-state index in [1.807, 2.05) is 11.6 Å². The molecule has 0 amide bonds.